The van der Waals surface area contributed by atoms with Crippen molar-refractivity contribution in [3.8, 4) is 0 Å². The van der Waals surface area contributed by atoms with Crippen molar-refractivity contribution in [1.82, 2.24) is 10.3 Å². The number of anilines is 1. The second-order valence-corrected chi connectivity index (χ2v) is 5.41. The van der Waals surface area contributed by atoms with Gasteiger partial charge in [-0.25, -0.2) is 4.98 Å². The molecule has 0 unspecified atom stereocenters. The van der Waals surface area contributed by atoms with Gasteiger partial charge in [0.05, 0.1) is 12.2 Å². The van der Waals surface area contributed by atoms with Crippen molar-refractivity contribution in [3.05, 3.63) is 10.6 Å². The molecule has 1 aliphatic carbocycles. The van der Waals surface area contributed by atoms with Gasteiger partial charge in [-0.2, -0.15) is 0 Å². The average molecular weight is 239 g/mol. The predicted octanol–water partition coefficient (Wildman–Crippen LogP) is 1.57. The fraction of sp³-hybridized carbons (Fsp3) is 0.636. The van der Waals surface area contributed by atoms with Crippen LogP contribution in [0.2, 0.25) is 0 Å². The van der Waals surface area contributed by atoms with Gasteiger partial charge in [0, 0.05) is 10.9 Å². The van der Waals surface area contributed by atoms with Crippen LogP contribution >= 0.6 is 11.3 Å². The van der Waals surface area contributed by atoms with Crippen molar-refractivity contribution < 1.29 is 4.79 Å². The van der Waals surface area contributed by atoms with Crippen LogP contribution in [0.1, 0.15) is 30.8 Å². The van der Waals surface area contributed by atoms with Crippen LogP contribution in [0, 0.1) is 0 Å². The van der Waals surface area contributed by atoms with Crippen LogP contribution in [0.5, 0.6) is 0 Å². The molecule has 0 aliphatic heterocycles. The fourth-order valence-electron chi connectivity index (χ4n) is 1.70. The van der Waals surface area contributed by atoms with Crippen LogP contribution in [0.3, 0.4) is 0 Å². The van der Waals surface area contributed by atoms with E-state index in [1.807, 2.05) is 13.8 Å². The summed E-state index contributed by atoms with van der Waals surface area (Å²) in [5.41, 5.74) is 1.18. The Morgan fingerprint density at radius 3 is 3.00 bits per heavy atom. The van der Waals surface area contributed by atoms with Gasteiger partial charge in [0.15, 0.2) is 5.13 Å². The number of hydrogen-bond acceptors (Lipinski definition) is 4. The van der Waals surface area contributed by atoms with E-state index in [2.05, 4.69) is 15.6 Å². The summed E-state index contributed by atoms with van der Waals surface area (Å²) in [4.78, 5) is 17.3. The molecule has 16 heavy (non-hydrogen) atoms. The monoisotopic (exact) mass is 239 g/mol. The fourth-order valence-corrected chi connectivity index (χ4v) is 2.77. The molecular formula is C11H17N3OS. The van der Waals surface area contributed by atoms with Crippen molar-refractivity contribution in [2.24, 2.45) is 0 Å². The molecule has 0 spiro atoms. The third kappa shape index (κ3) is 2.80. The van der Waals surface area contributed by atoms with Crippen molar-refractivity contribution >= 4 is 22.4 Å². The van der Waals surface area contributed by atoms with Crippen LogP contribution in [0.25, 0.3) is 0 Å². The largest absolute Gasteiger partial charge is 0.306 e. The molecule has 4 nitrogen and oxygen atoms in total. The van der Waals surface area contributed by atoms with E-state index in [-0.39, 0.29) is 5.91 Å². The SMILES string of the molecule is CC(C)NCC(=O)Nc1nc2c(s1)CCC2. The quantitative estimate of drug-likeness (QED) is 0.838. The van der Waals surface area contributed by atoms with E-state index in [4.69, 9.17) is 0 Å². The molecule has 1 aliphatic rings. The molecule has 1 aromatic rings. The topological polar surface area (TPSA) is 54.0 Å². The maximum absolute atomic E-state index is 11.5. The van der Waals surface area contributed by atoms with Crippen LogP contribution in [0.4, 0.5) is 5.13 Å². The summed E-state index contributed by atoms with van der Waals surface area (Å²) in [6.07, 6.45) is 3.39. The number of amides is 1. The standard InChI is InChI=1S/C11H17N3OS/c1-7(2)12-6-10(15)14-11-13-8-4-3-5-9(8)16-11/h7,12H,3-6H2,1-2H3,(H,13,14,15). The highest BCUT2D eigenvalue weighted by molar-refractivity contribution is 7.15. The number of nitrogens with zero attached hydrogens (tertiary/aromatic N) is 1. The number of fused-ring (bicyclic) bond motifs is 1. The Hall–Kier alpha value is -0.940. The number of aromatic nitrogens is 1. The molecule has 0 fully saturated rings. The van der Waals surface area contributed by atoms with E-state index < -0.39 is 0 Å². The smallest absolute Gasteiger partial charge is 0.240 e. The highest BCUT2D eigenvalue weighted by Crippen LogP contribution is 2.30. The first-order valence-corrected chi connectivity index (χ1v) is 6.48. The highest BCUT2D eigenvalue weighted by atomic mass is 32.1. The second-order valence-electron chi connectivity index (χ2n) is 4.33. The summed E-state index contributed by atoms with van der Waals surface area (Å²) in [5.74, 6) is -0.0128. The summed E-state index contributed by atoms with van der Waals surface area (Å²) in [6.45, 7) is 4.39. The lowest BCUT2D eigenvalue weighted by Crippen LogP contribution is -2.32. The van der Waals surface area contributed by atoms with E-state index in [1.165, 1.54) is 17.0 Å². The lowest BCUT2D eigenvalue weighted by molar-refractivity contribution is -0.115. The second kappa shape index (κ2) is 4.93. The molecule has 0 atom stereocenters. The molecule has 0 bridgehead atoms. The third-order valence-corrected chi connectivity index (χ3v) is 3.59. The van der Waals surface area contributed by atoms with Crippen molar-refractivity contribution in [2.75, 3.05) is 11.9 Å². The minimum Gasteiger partial charge on any atom is -0.306 e. The van der Waals surface area contributed by atoms with Gasteiger partial charge in [-0.1, -0.05) is 13.8 Å². The van der Waals surface area contributed by atoms with Gasteiger partial charge in [-0.05, 0) is 19.3 Å². The number of thiazole rings is 1. The zero-order valence-corrected chi connectivity index (χ0v) is 10.5. The van der Waals surface area contributed by atoms with Gasteiger partial charge in [-0.15, -0.1) is 11.3 Å². The first kappa shape index (κ1) is 11.5. The third-order valence-electron chi connectivity index (χ3n) is 2.51. The highest BCUT2D eigenvalue weighted by Gasteiger charge is 2.17. The van der Waals surface area contributed by atoms with E-state index in [1.54, 1.807) is 11.3 Å². The van der Waals surface area contributed by atoms with Gasteiger partial charge in [0.1, 0.15) is 0 Å². The Balaban J connectivity index is 1.86. The Kier molecular flexibility index (Phi) is 3.56. The van der Waals surface area contributed by atoms with Crippen molar-refractivity contribution in [1.29, 1.82) is 0 Å². The molecule has 88 valence electrons. The summed E-state index contributed by atoms with van der Waals surface area (Å²) < 4.78 is 0. The van der Waals surface area contributed by atoms with Crippen molar-refractivity contribution in [2.45, 2.75) is 39.2 Å². The van der Waals surface area contributed by atoms with Gasteiger partial charge in [0.2, 0.25) is 5.91 Å². The van der Waals surface area contributed by atoms with Crippen LogP contribution in [0.15, 0.2) is 0 Å². The Morgan fingerprint density at radius 1 is 1.50 bits per heavy atom. The number of rotatable bonds is 4. The normalized spacial score (nSPS) is 14.2. The van der Waals surface area contributed by atoms with Crippen molar-refractivity contribution in [3.63, 3.8) is 0 Å². The molecule has 1 aromatic heterocycles. The molecule has 0 saturated heterocycles. The molecule has 1 amide bonds. The molecule has 0 saturated carbocycles. The summed E-state index contributed by atoms with van der Waals surface area (Å²) in [6, 6.07) is 0.326. The molecule has 1 heterocycles. The zero-order chi connectivity index (χ0) is 11.5. The first-order chi connectivity index (χ1) is 7.65. The Labute approximate surface area is 99.5 Å². The maximum atomic E-state index is 11.5. The first-order valence-electron chi connectivity index (χ1n) is 5.67. The molecule has 5 heteroatoms. The van der Waals surface area contributed by atoms with E-state index in [9.17, 15) is 4.79 Å². The number of hydrogen-bond donors (Lipinski definition) is 2. The lowest BCUT2D eigenvalue weighted by atomic mass is 10.4. The minimum atomic E-state index is -0.0128. The summed E-state index contributed by atoms with van der Waals surface area (Å²) in [5, 5.41) is 6.66. The summed E-state index contributed by atoms with van der Waals surface area (Å²) >= 11 is 1.61. The zero-order valence-electron chi connectivity index (χ0n) is 9.67. The minimum absolute atomic E-state index is 0.0128. The van der Waals surface area contributed by atoms with E-state index in [0.717, 1.165) is 18.0 Å². The Morgan fingerprint density at radius 2 is 2.31 bits per heavy atom. The molecule has 0 aromatic carbocycles. The molecular weight excluding hydrogens is 222 g/mol. The van der Waals surface area contributed by atoms with Crippen LogP contribution in [-0.4, -0.2) is 23.5 Å². The molecule has 2 rings (SSSR count). The van der Waals surface area contributed by atoms with Gasteiger partial charge in [-0.3, -0.25) is 4.79 Å². The predicted molar refractivity (Wildman–Crippen MR) is 65.9 cm³/mol. The van der Waals surface area contributed by atoms with Gasteiger partial charge >= 0.3 is 0 Å². The lowest BCUT2D eigenvalue weighted by Gasteiger charge is -2.06. The van der Waals surface area contributed by atoms with Crippen LogP contribution < -0.4 is 10.6 Å². The van der Waals surface area contributed by atoms with E-state index >= 15 is 0 Å². The maximum Gasteiger partial charge on any atom is 0.240 e. The van der Waals surface area contributed by atoms with Crippen LogP contribution in [-0.2, 0) is 17.6 Å². The number of carbonyl (C=O) groups excluding carboxylic acids is 1. The number of aryl methyl sites for hydroxylation is 2. The molecule has 2 N–H and O–H groups in total. The number of carbonyl (C=O) groups is 1. The average Bonchev–Trinajstić information content (AvgIpc) is 2.74. The van der Waals surface area contributed by atoms with Gasteiger partial charge < -0.3 is 10.6 Å². The Bertz CT molecular complexity index is 365. The van der Waals surface area contributed by atoms with E-state index in [0.29, 0.717) is 12.6 Å². The van der Waals surface area contributed by atoms with Gasteiger partial charge in [0.25, 0.3) is 0 Å². The molecule has 0 radical (unpaired) electrons. The number of nitrogens with one attached hydrogen (secondary N) is 2. The summed E-state index contributed by atoms with van der Waals surface area (Å²) in [7, 11) is 0.